The van der Waals surface area contributed by atoms with Crippen molar-refractivity contribution in [1.82, 2.24) is 15.5 Å². The molecule has 2 aliphatic rings. The average Bonchev–Trinajstić information content (AvgIpc) is 2.66. The normalized spacial score (nSPS) is 31.6. The summed E-state index contributed by atoms with van der Waals surface area (Å²) in [7, 11) is 0. The fraction of sp³-hybridized carbons (Fsp3) is 0.909. The van der Waals surface area contributed by atoms with E-state index in [0.717, 1.165) is 38.6 Å². The van der Waals surface area contributed by atoms with Gasteiger partial charge in [0.1, 0.15) is 0 Å². The van der Waals surface area contributed by atoms with E-state index in [2.05, 4.69) is 15.5 Å². The van der Waals surface area contributed by atoms with Gasteiger partial charge >= 0.3 is 0 Å². The van der Waals surface area contributed by atoms with Crippen LogP contribution in [0.25, 0.3) is 0 Å². The molecule has 4 heteroatoms. The zero-order chi connectivity index (χ0) is 10.9. The van der Waals surface area contributed by atoms with Crippen molar-refractivity contribution in [1.29, 1.82) is 0 Å². The van der Waals surface area contributed by atoms with E-state index in [4.69, 9.17) is 0 Å². The Morgan fingerprint density at radius 3 is 2.93 bits per heavy atom. The zero-order valence-corrected chi connectivity index (χ0v) is 9.68. The van der Waals surface area contributed by atoms with Gasteiger partial charge in [0, 0.05) is 19.6 Å². The highest BCUT2D eigenvalue weighted by Crippen LogP contribution is 2.21. The fourth-order valence-electron chi connectivity index (χ4n) is 2.45. The molecular formula is C11H21N3O. The van der Waals surface area contributed by atoms with Crippen LogP contribution in [0.3, 0.4) is 0 Å². The topological polar surface area (TPSA) is 44.4 Å². The van der Waals surface area contributed by atoms with E-state index in [0.29, 0.717) is 0 Å². The van der Waals surface area contributed by atoms with E-state index in [1.807, 2.05) is 13.8 Å². The van der Waals surface area contributed by atoms with Crippen LogP contribution in [0.15, 0.2) is 0 Å². The number of hydrogen-bond donors (Lipinski definition) is 2. The molecule has 2 saturated heterocycles. The van der Waals surface area contributed by atoms with E-state index in [9.17, 15) is 4.79 Å². The minimum Gasteiger partial charge on any atom is -0.353 e. The standard InChI is InChI=1S/C11H21N3O/c1-11(2)10(15)13-5-6-14(11)8-9-3-4-12-7-9/h9,12H,3-8H2,1-2H3,(H,13,15). The minimum atomic E-state index is -0.332. The van der Waals surface area contributed by atoms with E-state index in [1.54, 1.807) is 0 Å². The Bertz CT molecular complexity index is 246. The Morgan fingerprint density at radius 1 is 1.47 bits per heavy atom. The molecule has 2 rings (SSSR count). The summed E-state index contributed by atoms with van der Waals surface area (Å²) >= 11 is 0. The highest BCUT2D eigenvalue weighted by atomic mass is 16.2. The van der Waals surface area contributed by atoms with Gasteiger partial charge in [0.05, 0.1) is 5.54 Å². The highest BCUT2D eigenvalue weighted by Gasteiger charge is 2.38. The molecule has 1 atom stereocenters. The number of nitrogens with one attached hydrogen (secondary N) is 2. The van der Waals surface area contributed by atoms with Crippen LogP contribution >= 0.6 is 0 Å². The first kappa shape index (κ1) is 10.9. The molecule has 0 aromatic heterocycles. The van der Waals surface area contributed by atoms with Gasteiger partial charge in [0.15, 0.2) is 0 Å². The maximum Gasteiger partial charge on any atom is 0.239 e. The maximum absolute atomic E-state index is 11.7. The summed E-state index contributed by atoms with van der Waals surface area (Å²) < 4.78 is 0. The number of hydrogen-bond acceptors (Lipinski definition) is 3. The lowest BCUT2D eigenvalue weighted by Gasteiger charge is -2.42. The Balaban J connectivity index is 1.97. The van der Waals surface area contributed by atoms with Crippen molar-refractivity contribution < 1.29 is 4.79 Å². The second-order valence-corrected chi connectivity index (χ2v) is 5.12. The summed E-state index contributed by atoms with van der Waals surface area (Å²) in [6.45, 7) is 9.10. The van der Waals surface area contributed by atoms with Gasteiger partial charge in [0.2, 0.25) is 5.91 Å². The number of amides is 1. The van der Waals surface area contributed by atoms with Crippen molar-refractivity contribution in [2.45, 2.75) is 25.8 Å². The predicted molar refractivity (Wildman–Crippen MR) is 59.6 cm³/mol. The molecule has 86 valence electrons. The number of carbonyl (C=O) groups is 1. The minimum absolute atomic E-state index is 0.166. The summed E-state index contributed by atoms with van der Waals surface area (Å²) in [6, 6.07) is 0. The van der Waals surface area contributed by atoms with Crippen LogP contribution in [0.2, 0.25) is 0 Å². The Hall–Kier alpha value is -0.610. The van der Waals surface area contributed by atoms with Crippen molar-refractivity contribution in [2.75, 3.05) is 32.7 Å². The lowest BCUT2D eigenvalue weighted by Crippen LogP contribution is -2.62. The SMILES string of the molecule is CC1(C)C(=O)NCCN1CC1CCNC1. The zero-order valence-electron chi connectivity index (χ0n) is 9.68. The third-order valence-electron chi connectivity index (χ3n) is 3.65. The molecule has 2 heterocycles. The molecule has 1 unspecified atom stereocenters. The van der Waals surface area contributed by atoms with Gasteiger partial charge in [-0.1, -0.05) is 0 Å². The number of carbonyl (C=O) groups excluding carboxylic acids is 1. The van der Waals surface area contributed by atoms with E-state index in [1.165, 1.54) is 6.42 Å². The largest absolute Gasteiger partial charge is 0.353 e. The smallest absolute Gasteiger partial charge is 0.239 e. The van der Waals surface area contributed by atoms with Gasteiger partial charge in [-0.2, -0.15) is 0 Å². The van der Waals surface area contributed by atoms with E-state index < -0.39 is 0 Å². The van der Waals surface area contributed by atoms with Crippen LogP contribution in [0.1, 0.15) is 20.3 Å². The molecule has 2 aliphatic heterocycles. The van der Waals surface area contributed by atoms with Gasteiger partial charge < -0.3 is 10.6 Å². The van der Waals surface area contributed by atoms with Gasteiger partial charge in [-0.25, -0.2) is 0 Å². The molecule has 0 aliphatic carbocycles. The van der Waals surface area contributed by atoms with Crippen LogP contribution in [0.4, 0.5) is 0 Å². The molecule has 15 heavy (non-hydrogen) atoms. The molecule has 0 bridgehead atoms. The first-order valence-corrected chi connectivity index (χ1v) is 5.85. The van der Waals surface area contributed by atoms with Crippen LogP contribution in [-0.4, -0.2) is 49.1 Å². The second-order valence-electron chi connectivity index (χ2n) is 5.12. The Morgan fingerprint density at radius 2 is 2.27 bits per heavy atom. The van der Waals surface area contributed by atoms with Crippen molar-refractivity contribution >= 4 is 5.91 Å². The molecule has 4 nitrogen and oxygen atoms in total. The van der Waals surface area contributed by atoms with Gasteiger partial charge in [-0.15, -0.1) is 0 Å². The first-order chi connectivity index (χ1) is 7.10. The third-order valence-corrected chi connectivity index (χ3v) is 3.65. The number of piperazine rings is 1. The quantitative estimate of drug-likeness (QED) is 0.665. The predicted octanol–water partition coefficient (Wildman–Crippen LogP) is -0.194. The molecular weight excluding hydrogens is 190 g/mol. The van der Waals surface area contributed by atoms with Crippen LogP contribution in [0.5, 0.6) is 0 Å². The summed E-state index contributed by atoms with van der Waals surface area (Å²) in [4.78, 5) is 14.1. The van der Waals surface area contributed by atoms with Crippen molar-refractivity contribution in [3.8, 4) is 0 Å². The third kappa shape index (κ3) is 2.16. The van der Waals surface area contributed by atoms with Crippen molar-refractivity contribution in [3.63, 3.8) is 0 Å². The molecule has 0 aromatic carbocycles. The summed E-state index contributed by atoms with van der Waals surface area (Å²) in [5, 5.41) is 6.30. The molecule has 0 aromatic rings. The van der Waals surface area contributed by atoms with Gasteiger partial charge in [-0.05, 0) is 39.3 Å². The van der Waals surface area contributed by atoms with E-state index >= 15 is 0 Å². The maximum atomic E-state index is 11.7. The van der Waals surface area contributed by atoms with Crippen LogP contribution < -0.4 is 10.6 Å². The number of rotatable bonds is 2. The van der Waals surface area contributed by atoms with E-state index in [-0.39, 0.29) is 11.4 Å². The number of nitrogens with zero attached hydrogens (tertiary/aromatic N) is 1. The molecule has 2 N–H and O–H groups in total. The Labute approximate surface area is 91.4 Å². The molecule has 0 saturated carbocycles. The molecule has 0 spiro atoms. The van der Waals surface area contributed by atoms with Crippen molar-refractivity contribution in [3.05, 3.63) is 0 Å². The average molecular weight is 211 g/mol. The fourth-order valence-corrected chi connectivity index (χ4v) is 2.45. The molecule has 0 radical (unpaired) electrons. The molecule has 2 fully saturated rings. The van der Waals surface area contributed by atoms with Crippen LogP contribution in [0, 0.1) is 5.92 Å². The van der Waals surface area contributed by atoms with Crippen molar-refractivity contribution in [2.24, 2.45) is 5.92 Å². The summed E-state index contributed by atoms with van der Waals surface area (Å²) in [5.74, 6) is 0.884. The van der Waals surface area contributed by atoms with Crippen LogP contribution in [-0.2, 0) is 4.79 Å². The first-order valence-electron chi connectivity index (χ1n) is 5.85. The van der Waals surface area contributed by atoms with Gasteiger partial charge in [-0.3, -0.25) is 9.69 Å². The second kappa shape index (κ2) is 4.10. The lowest BCUT2D eigenvalue weighted by molar-refractivity contribution is -0.135. The monoisotopic (exact) mass is 211 g/mol. The Kier molecular flexibility index (Phi) is 2.98. The summed E-state index contributed by atoms with van der Waals surface area (Å²) in [6.07, 6.45) is 1.24. The van der Waals surface area contributed by atoms with Gasteiger partial charge in [0.25, 0.3) is 0 Å². The lowest BCUT2D eigenvalue weighted by atomic mass is 9.96. The molecule has 1 amide bonds. The highest BCUT2D eigenvalue weighted by molar-refractivity contribution is 5.86. The summed E-state index contributed by atoms with van der Waals surface area (Å²) in [5.41, 5.74) is -0.332.